The molecular formula is C25H27FO5. The fraction of sp³-hybridized carbons (Fsp3) is 0.320. The van der Waals surface area contributed by atoms with Crippen molar-refractivity contribution in [3.63, 3.8) is 0 Å². The Labute approximate surface area is 181 Å². The number of hydrogen-bond donors (Lipinski definition) is 2. The zero-order valence-electron chi connectivity index (χ0n) is 17.7. The highest BCUT2D eigenvalue weighted by atomic mass is 19.1. The van der Waals surface area contributed by atoms with Crippen LogP contribution in [0.4, 0.5) is 4.39 Å². The third-order valence-electron chi connectivity index (χ3n) is 5.11. The van der Waals surface area contributed by atoms with Gasteiger partial charge in [-0.3, -0.25) is 0 Å². The number of aromatic carboxylic acids is 1. The molecule has 1 aliphatic rings. The molecule has 2 aromatic rings. The van der Waals surface area contributed by atoms with Gasteiger partial charge >= 0.3 is 5.97 Å². The number of aromatic hydroxyl groups is 1. The van der Waals surface area contributed by atoms with Crippen molar-refractivity contribution in [1.29, 1.82) is 0 Å². The van der Waals surface area contributed by atoms with Crippen molar-refractivity contribution in [2.24, 2.45) is 0 Å². The average Bonchev–Trinajstić information content (AvgIpc) is 2.73. The minimum atomic E-state index is -1.23. The minimum absolute atomic E-state index is 0.0665. The molecule has 2 aromatic carbocycles. The summed E-state index contributed by atoms with van der Waals surface area (Å²) in [5.41, 5.74) is 2.34. The molecule has 1 fully saturated rings. The molecule has 31 heavy (non-hydrogen) atoms. The number of ether oxygens (including phenoxy) is 2. The third kappa shape index (κ3) is 5.95. The van der Waals surface area contributed by atoms with Crippen LogP contribution in [0.3, 0.4) is 0 Å². The maximum Gasteiger partial charge on any atom is 0.340 e. The highest BCUT2D eigenvalue weighted by Gasteiger charge is 2.24. The van der Waals surface area contributed by atoms with Gasteiger partial charge in [0.1, 0.15) is 29.0 Å². The van der Waals surface area contributed by atoms with E-state index >= 15 is 0 Å². The molecule has 0 aromatic heterocycles. The van der Waals surface area contributed by atoms with Gasteiger partial charge in [0.15, 0.2) is 0 Å². The molecule has 3 rings (SSSR count). The highest BCUT2D eigenvalue weighted by Crippen LogP contribution is 2.37. The van der Waals surface area contributed by atoms with Crippen LogP contribution in [-0.2, 0) is 11.2 Å². The van der Waals surface area contributed by atoms with Gasteiger partial charge in [0.05, 0.1) is 13.2 Å². The average molecular weight is 426 g/mol. The zero-order valence-corrected chi connectivity index (χ0v) is 17.7. The van der Waals surface area contributed by atoms with E-state index < -0.39 is 5.97 Å². The molecule has 0 aliphatic carbocycles. The number of phenols is 1. The van der Waals surface area contributed by atoms with Crippen LogP contribution in [0.15, 0.2) is 42.0 Å². The second-order valence-corrected chi connectivity index (χ2v) is 7.77. The van der Waals surface area contributed by atoms with E-state index in [-0.39, 0.29) is 23.2 Å². The first kappa shape index (κ1) is 22.6. The predicted octanol–water partition coefficient (Wildman–Crippen LogP) is 5.47. The second-order valence-electron chi connectivity index (χ2n) is 7.77. The molecule has 0 unspecified atom stereocenters. The van der Waals surface area contributed by atoms with Gasteiger partial charge in [0.2, 0.25) is 0 Å². The van der Waals surface area contributed by atoms with Gasteiger partial charge < -0.3 is 19.7 Å². The van der Waals surface area contributed by atoms with Gasteiger partial charge in [0, 0.05) is 18.4 Å². The summed E-state index contributed by atoms with van der Waals surface area (Å²) in [7, 11) is 0. The molecule has 0 radical (unpaired) electrons. The molecule has 0 bridgehead atoms. The summed E-state index contributed by atoms with van der Waals surface area (Å²) in [4.78, 5) is 12.0. The summed E-state index contributed by atoms with van der Waals surface area (Å²) in [6.07, 6.45) is 6.94. The lowest BCUT2D eigenvalue weighted by atomic mass is 9.97. The van der Waals surface area contributed by atoms with Crippen LogP contribution in [0.5, 0.6) is 11.5 Å². The largest absolute Gasteiger partial charge is 0.507 e. The van der Waals surface area contributed by atoms with Gasteiger partial charge in [-0.15, -0.1) is 0 Å². The molecule has 6 heteroatoms. The number of benzene rings is 2. The van der Waals surface area contributed by atoms with Crippen molar-refractivity contribution >= 4 is 18.1 Å². The lowest BCUT2D eigenvalue weighted by Gasteiger charge is -2.25. The first-order valence-corrected chi connectivity index (χ1v) is 10.3. The summed E-state index contributed by atoms with van der Waals surface area (Å²) >= 11 is 0. The fourth-order valence-corrected chi connectivity index (χ4v) is 3.40. The predicted molar refractivity (Wildman–Crippen MR) is 118 cm³/mol. The molecular weight excluding hydrogens is 399 g/mol. The summed E-state index contributed by atoms with van der Waals surface area (Å²) in [5.74, 6) is -1.41. The molecule has 0 saturated carbocycles. The Hall–Kier alpha value is -3.12. The van der Waals surface area contributed by atoms with Crippen LogP contribution in [0, 0.1) is 5.82 Å². The van der Waals surface area contributed by atoms with E-state index in [0.29, 0.717) is 42.1 Å². The molecule has 5 nitrogen and oxygen atoms in total. The van der Waals surface area contributed by atoms with Crippen LogP contribution >= 0.6 is 0 Å². The summed E-state index contributed by atoms with van der Waals surface area (Å²) in [6, 6.07) is 7.51. The van der Waals surface area contributed by atoms with Gasteiger partial charge in [-0.2, -0.15) is 0 Å². The zero-order chi connectivity index (χ0) is 22.4. The number of allylic oxidation sites excluding steroid dienone is 2. The summed E-state index contributed by atoms with van der Waals surface area (Å²) in [6.45, 7) is 5.08. The van der Waals surface area contributed by atoms with Crippen molar-refractivity contribution in [2.75, 3.05) is 13.2 Å². The Morgan fingerprint density at radius 3 is 2.48 bits per heavy atom. The van der Waals surface area contributed by atoms with E-state index in [4.69, 9.17) is 9.47 Å². The van der Waals surface area contributed by atoms with Crippen molar-refractivity contribution in [3.05, 3.63) is 70.1 Å². The summed E-state index contributed by atoms with van der Waals surface area (Å²) in [5, 5.41) is 20.7. The molecule has 1 saturated heterocycles. The van der Waals surface area contributed by atoms with E-state index in [9.17, 15) is 19.4 Å². The van der Waals surface area contributed by atoms with Crippen LogP contribution in [0.2, 0.25) is 0 Å². The smallest absolute Gasteiger partial charge is 0.340 e. The number of halogens is 1. The second kappa shape index (κ2) is 10.3. The van der Waals surface area contributed by atoms with E-state index in [0.717, 1.165) is 18.4 Å². The maximum absolute atomic E-state index is 13.2. The van der Waals surface area contributed by atoms with Crippen molar-refractivity contribution in [3.8, 4) is 11.5 Å². The Bertz CT molecular complexity index is 982. The van der Waals surface area contributed by atoms with Crippen LogP contribution in [0.25, 0.3) is 12.2 Å². The Morgan fingerprint density at radius 2 is 1.87 bits per heavy atom. The van der Waals surface area contributed by atoms with Crippen LogP contribution < -0.4 is 4.74 Å². The molecule has 1 heterocycles. The molecule has 0 amide bonds. The fourth-order valence-electron chi connectivity index (χ4n) is 3.40. The van der Waals surface area contributed by atoms with Gasteiger partial charge in [-0.05, 0) is 49.6 Å². The lowest BCUT2D eigenvalue weighted by Crippen LogP contribution is -2.26. The van der Waals surface area contributed by atoms with Crippen molar-refractivity contribution < 1.29 is 28.9 Å². The topological polar surface area (TPSA) is 76.0 Å². The third-order valence-corrected chi connectivity index (χ3v) is 5.11. The number of rotatable bonds is 7. The highest BCUT2D eigenvalue weighted by molar-refractivity contribution is 5.97. The Balaban J connectivity index is 2.06. The first-order chi connectivity index (χ1) is 14.8. The van der Waals surface area contributed by atoms with E-state index in [1.54, 1.807) is 30.4 Å². The van der Waals surface area contributed by atoms with Crippen LogP contribution in [0.1, 0.15) is 53.7 Å². The van der Waals surface area contributed by atoms with Gasteiger partial charge in [-0.1, -0.05) is 35.9 Å². The van der Waals surface area contributed by atoms with Crippen LogP contribution in [-0.4, -0.2) is 35.5 Å². The SMILES string of the molecule is CC(C)=CCc1c(OC2CCOCC2)cc(/C=C/c2ccc(F)cc2)c(C(=O)O)c1O. The van der Waals surface area contributed by atoms with E-state index in [2.05, 4.69) is 0 Å². The Kier molecular flexibility index (Phi) is 7.47. The normalized spacial score (nSPS) is 14.5. The quantitative estimate of drug-likeness (QED) is 0.454. The van der Waals surface area contributed by atoms with Gasteiger partial charge in [0.25, 0.3) is 0 Å². The van der Waals surface area contributed by atoms with E-state index in [1.807, 2.05) is 19.9 Å². The number of carboxylic acids is 1. The maximum atomic E-state index is 13.2. The molecule has 2 N–H and O–H groups in total. The molecule has 1 aliphatic heterocycles. The molecule has 164 valence electrons. The number of hydrogen-bond acceptors (Lipinski definition) is 4. The van der Waals surface area contributed by atoms with Gasteiger partial charge in [-0.25, -0.2) is 9.18 Å². The first-order valence-electron chi connectivity index (χ1n) is 10.3. The lowest BCUT2D eigenvalue weighted by molar-refractivity contribution is 0.0251. The number of carbonyl (C=O) groups is 1. The monoisotopic (exact) mass is 426 g/mol. The minimum Gasteiger partial charge on any atom is -0.507 e. The Morgan fingerprint density at radius 1 is 1.19 bits per heavy atom. The standard InChI is InChI=1S/C25H27FO5/c1-16(2)3-10-21-22(31-20-11-13-30-14-12-20)15-18(23(24(21)27)25(28)29)7-4-17-5-8-19(26)9-6-17/h3-9,15,20,27H,10-14H2,1-2H3,(H,28,29)/b7-4+. The van der Waals surface area contributed by atoms with Crippen molar-refractivity contribution in [2.45, 2.75) is 39.2 Å². The van der Waals surface area contributed by atoms with E-state index in [1.165, 1.54) is 12.1 Å². The number of carboxylic acid groups (broad SMARTS) is 1. The summed E-state index contributed by atoms with van der Waals surface area (Å²) < 4.78 is 24.7. The van der Waals surface area contributed by atoms with Crippen molar-refractivity contribution in [1.82, 2.24) is 0 Å². The molecule has 0 spiro atoms. The molecule has 0 atom stereocenters.